The summed E-state index contributed by atoms with van der Waals surface area (Å²) in [6.45, 7) is 6.31. The molecule has 1 aromatic rings. The number of phenolic OH excluding ortho intramolecular Hbond substituents is 1. The molecule has 0 bridgehead atoms. The van der Waals surface area contributed by atoms with Gasteiger partial charge in [-0.05, 0) is 24.3 Å². The van der Waals surface area contributed by atoms with Crippen molar-refractivity contribution >= 4 is 0 Å². The lowest BCUT2D eigenvalue weighted by atomic mass is 9.95. The number of nitrogens with two attached hydrogens (primary N) is 1. The molecule has 1 rings (SSSR count). The van der Waals surface area contributed by atoms with Crippen molar-refractivity contribution in [3.63, 3.8) is 0 Å². The fourth-order valence-corrected chi connectivity index (χ4v) is 1.83. The van der Waals surface area contributed by atoms with Crippen LogP contribution in [-0.2, 0) is 6.42 Å². The monoisotopic (exact) mass is 207 g/mol. The van der Waals surface area contributed by atoms with Gasteiger partial charge < -0.3 is 10.8 Å². The minimum absolute atomic E-state index is 0.0588. The van der Waals surface area contributed by atoms with E-state index in [1.165, 1.54) is 0 Å². The second-order valence-corrected chi connectivity index (χ2v) is 4.44. The standard InChI is InChI=1S/C13H21NO/c1-4-10-6-5-7-11(13(10)15)12(14)8-9(2)3/h5-7,9,12,15H,4,8,14H2,1-3H3/t12-/m0/s1. The lowest BCUT2D eigenvalue weighted by Crippen LogP contribution is -2.13. The average Bonchev–Trinajstić information content (AvgIpc) is 2.17. The zero-order valence-electron chi connectivity index (χ0n) is 9.83. The Morgan fingerprint density at radius 1 is 1.33 bits per heavy atom. The number of hydrogen-bond acceptors (Lipinski definition) is 2. The molecule has 2 nitrogen and oxygen atoms in total. The van der Waals surface area contributed by atoms with Crippen LogP contribution in [0.4, 0.5) is 0 Å². The molecule has 0 saturated heterocycles. The number of phenols is 1. The zero-order valence-corrected chi connectivity index (χ0v) is 9.83. The van der Waals surface area contributed by atoms with Gasteiger partial charge in [0, 0.05) is 11.6 Å². The summed E-state index contributed by atoms with van der Waals surface area (Å²) in [5, 5.41) is 9.99. The molecule has 15 heavy (non-hydrogen) atoms. The van der Waals surface area contributed by atoms with Gasteiger partial charge >= 0.3 is 0 Å². The molecule has 1 aromatic carbocycles. The first-order valence-electron chi connectivity index (χ1n) is 5.62. The van der Waals surface area contributed by atoms with Gasteiger partial charge in [0.1, 0.15) is 5.75 Å². The van der Waals surface area contributed by atoms with E-state index < -0.39 is 0 Å². The highest BCUT2D eigenvalue weighted by Crippen LogP contribution is 2.30. The lowest BCUT2D eigenvalue weighted by Gasteiger charge is -2.17. The Hall–Kier alpha value is -1.02. The molecule has 0 aliphatic rings. The highest BCUT2D eigenvalue weighted by Gasteiger charge is 2.13. The number of para-hydroxylation sites is 1. The van der Waals surface area contributed by atoms with Crippen LogP contribution in [0, 0.1) is 5.92 Å². The van der Waals surface area contributed by atoms with Gasteiger partial charge in [0.15, 0.2) is 0 Å². The Labute approximate surface area is 92.1 Å². The molecule has 0 fully saturated rings. The molecular formula is C13H21NO. The van der Waals surface area contributed by atoms with Gasteiger partial charge in [-0.15, -0.1) is 0 Å². The predicted molar refractivity (Wildman–Crippen MR) is 63.9 cm³/mol. The molecule has 0 unspecified atom stereocenters. The Balaban J connectivity index is 2.93. The van der Waals surface area contributed by atoms with Crippen molar-refractivity contribution in [1.82, 2.24) is 0 Å². The molecular weight excluding hydrogens is 186 g/mol. The van der Waals surface area contributed by atoms with Crippen molar-refractivity contribution in [3.8, 4) is 5.75 Å². The van der Waals surface area contributed by atoms with Crippen LogP contribution in [0.15, 0.2) is 18.2 Å². The van der Waals surface area contributed by atoms with E-state index in [2.05, 4.69) is 13.8 Å². The normalized spacial score (nSPS) is 13.1. The van der Waals surface area contributed by atoms with Crippen LogP contribution >= 0.6 is 0 Å². The first-order chi connectivity index (χ1) is 7.06. The van der Waals surface area contributed by atoms with Crippen LogP contribution in [0.2, 0.25) is 0 Å². The van der Waals surface area contributed by atoms with Crippen molar-refractivity contribution in [2.24, 2.45) is 11.7 Å². The molecule has 0 heterocycles. The molecule has 0 amide bonds. The lowest BCUT2D eigenvalue weighted by molar-refractivity contribution is 0.440. The molecule has 0 aliphatic carbocycles. The summed E-state index contributed by atoms with van der Waals surface area (Å²) >= 11 is 0. The van der Waals surface area contributed by atoms with Gasteiger partial charge in [0.2, 0.25) is 0 Å². The largest absolute Gasteiger partial charge is 0.507 e. The summed E-state index contributed by atoms with van der Waals surface area (Å²) in [6.07, 6.45) is 1.74. The van der Waals surface area contributed by atoms with Crippen LogP contribution < -0.4 is 5.73 Å². The Morgan fingerprint density at radius 2 is 2.00 bits per heavy atom. The van der Waals surface area contributed by atoms with Crippen molar-refractivity contribution in [3.05, 3.63) is 29.3 Å². The van der Waals surface area contributed by atoms with Gasteiger partial charge in [-0.1, -0.05) is 39.0 Å². The summed E-state index contributed by atoms with van der Waals surface area (Å²) < 4.78 is 0. The van der Waals surface area contributed by atoms with Crippen LogP contribution in [-0.4, -0.2) is 5.11 Å². The van der Waals surface area contributed by atoms with E-state index in [1.54, 1.807) is 0 Å². The van der Waals surface area contributed by atoms with E-state index in [1.807, 2.05) is 25.1 Å². The maximum absolute atomic E-state index is 9.99. The van der Waals surface area contributed by atoms with Gasteiger partial charge in [-0.25, -0.2) is 0 Å². The molecule has 0 aromatic heterocycles. The number of hydrogen-bond donors (Lipinski definition) is 2. The number of benzene rings is 1. The fraction of sp³-hybridized carbons (Fsp3) is 0.538. The van der Waals surface area contributed by atoms with Gasteiger partial charge in [0.05, 0.1) is 0 Å². The molecule has 0 saturated carbocycles. The van der Waals surface area contributed by atoms with E-state index >= 15 is 0 Å². The van der Waals surface area contributed by atoms with Crippen LogP contribution in [0.1, 0.15) is 44.4 Å². The third-order valence-electron chi connectivity index (χ3n) is 2.66. The molecule has 2 heteroatoms. The summed E-state index contributed by atoms with van der Waals surface area (Å²) in [5.74, 6) is 0.929. The summed E-state index contributed by atoms with van der Waals surface area (Å²) in [6, 6.07) is 5.77. The second kappa shape index (κ2) is 5.17. The first-order valence-corrected chi connectivity index (χ1v) is 5.62. The Morgan fingerprint density at radius 3 is 2.53 bits per heavy atom. The van der Waals surface area contributed by atoms with Gasteiger partial charge in [-0.3, -0.25) is 0 Å². The van der Waals surface area contributed by atoms with Crippen LogP contribution in [0.3, 0.4) is 0 Å². The smallest absolute Gasteiger partial charge is 0.123 e. The van der Waals surface area contributed by atoms with E-state index in [9.17, 15) is 5.11 Å². The maximum Gasteiger partial charge on any atom is 0.123 e. The minimum Gasteiger partial charge on any atom is -0.507 e. The van der Waals surface area contributed by atoms with E-state index in [0.717, 1.165) is 24.0 Å². The third-order valence-corrected chi connectivity index (χ3v) is 2.66. The zero-order chi connectivity index (χ0) is 11.4. The van der Waals surface area contributed by atoms with Gasteiger partial charge in [-0.2, -0.15) is 0 Å². The summed E-state index contributed by atoms with van der Waals surface area (Å²) in [5.41, 5.74) is 7.92. The average molecular weight is 207 g/mol. The quantitative estimate of drug-likeness (QED) is 0.797. The summed E-state index contributed by atoms with van der Waals surface area (Å²) in [7, 11) is 0. The van der Waals surface area contributed by atoms with E-state index in [4.69, 9.17) is 5.73 Å². The Bertz CT molecular complexity index is 320. The number of aryl methyl sites for hydroxylation is 1. The SMILES string of the molecule is CCc1cccc([C@@H](N)CC(C)C)c1O. The molecule has 1 atom stereocenters. The van der Waals surface area contributed by atoms with Crippen molar-refractivity contribution in [2.75, 3.05) is 0 Å². The summed E-state index contributed by atoms with van der Waals surface area (Å²) in [4.78, 5) is 0. The minimum atomic E-state index is -0.0588. The molecule has 0 radical (unpaired) electrons. The Kier molecular flexibility index (Phi) is 4.15. The molecule has 0 spiro atoms. The fourth-order valence-electron chi connectivity index (χ4n) is 1.83. The van der Waals surface area contributed by atoms with E-state index in [0.29, 0.717) is 11.7 Å². The van der Waals surface area contributed by atoms with Crippen LogP contribution in [0.25, 0.3) is 0 Å². The van der Waals surface area contributed by atoms with E-state index in [-0.39, 0.29) is 6.04 Å². The van der Waals surface area contributed by atoms with Crippen molar-refractivity contribution in [1.29, 1.82) is 0 Å². The first kappa shape index (κ1) is 12.1. The van der Waals surface area contributed by atoms with Crippen molar-refractivity contribution in [2.45, 2.75) is 39.7 Å². The maximum atomic E-state index is 9.99. The van der Waals surface area contributed by atoms with Crippen molar-refractivity contribution < 1.29 is 5.11 Å². The predicted octanol–water partition coefficient (Wildman–Crippen LogP) is 3.00. The van der Waals surface area contributed by atoms with Crippen LogP contribution in [0.5, 0.6) is 5.75 Å². The highest BCUT2D eigenvalue weighted by atomic mass is 16.3. The second-order valence-electron chi connectivity index (χ2n) is 4.44. The van der Waals surface area contributed by atoms with Gasteiger partial charge in [0.25, 0.3) is 0 Å². The number of rotatable bonds is 4. The topological polar surface area (TPSA) is 46.2 Å². The highest BCUT2D eigenvalue weighted by molar-refractivity contribution is 5.42. The third kappa shape index (κ3) is 2.96. The molecule has 84 valence electrons. The molecule has 0 aliphatic heterocycles. The molecule has 3 N–H and O–H groups in total. The number of aromatic hydroxyl groups is 1.